The largest absolute Gasteiger partial charge is 0.497 e. The van der Waals surface area contributed by atoms with Gasteiger partial charge in [-0.2, -0.15) is 0 Å². The van der Waals surface area contributed by atoms with Crippen molar-refractivity contribution in [3.05, 3.63) is 77.4 Å². The van der Waals surface area contributed by atoms with E-state index in [1.54, 1.807) is 51.7 Å². The number of hydrogen-bond acceptors (Lipinski definition) is 5. The van der Waals surface area contributed by atoms with E-state index in [1.165, 1.54) is 0 Å². The number of ether oxygens (including phenoxy) is 4. The number of cyclic esters (lactones) is 1. The number of benzene rings is 3. The SMILES string of the molecule is COc1ccc(C2=C/C(=C/c3c(OC)ccc4ccccc34)C(=O)O2)c(OC)c1. The Morgan fingerprint density at radius 3 is 2.41 bits per heavy atom. The summed E-state index contributed by atoms with van der Waals surface area (Å²) in [6.45, 7) is 0. The molecule has 1 aliphatic heterocycles. The summed E-state index contributed by atoms with van der Waals surface area (Å²) in [6, 6.07) is 17.2. The molecule has 3 aromatic rings. The first-order valence-corrected chi connectivity index (χ1v) is 9.08. The molecule has 4 rings (SSSR count). The van der Waals surface area contributed by atoms with Crippen LogP contribution in [0, 0.1) is 0 Å². The molecule has 29 heavy (non-hydrogen) atoms. The van der Waals surface area contributed by atoms with E-state index in [-0.39, 0.29) is 0 Å². The van der Waals surface area contributed by atoms with Crippen LogP contribution >= 0.6 is 0 Å². The molecule has 3 aromatic carbocycles. The standard InChI is InChI=1S/C24H20O5/c1-26-17-9-10-19(22(14-17)28-3)23-13-16(24(25)29-23)12-20-18-7-5-4-6-15(18)8-11-21(20)27-2/h4-14H,1-3H3/b16-12-. The monoisotopic (exact) mass is 388 g/mol. The van der Waals surface area contributed by atoms with Crippen LogP contribution in [0.4, 0.5) is 0 Å². The van der Waals surface area contributed by atoms with E-state index in [0.29, 0.717) is 34.1 Å². The van der Waals surface area contributed by atoms with Crippen LogP contribution in [0.15, 0.2) is 66.2 Å². The first kappa shape index (κ1) is 18.6. The Morgan fingerprint density at radius 2 is 1.66 bits per heavy atom. The zero-order valence-electron chi connectivity index (χ0n) is 16.4. The third kappa shape index (κ3) is 3.43. The predicted octanol–water partition coefficient (Wildman–Crippen LogP) is 4.85. The molecule has 0 unspecified atom stereocenters. The van der Waals surface area contributed by atoms with E-state index in [9.17, 15) is 4.79 Å². The van der Waals surface area contributed by atoms with Gasteiger partial charge in [-0.1, -0.05) is 30.3 Å². The molecule has 146 valence electrons. The number of rotatable bonds is 5. The van der Waals surface area contributed by atoms with Crippen LogP contribution in [-0.2, 0) is 9.53 Å². The number of carbonyl (C=O) groups is 1. The van der Waals surface area contributed by atoms with Gasteiger partial charge in [0, 0.05) is 11.6 Å². The van der Waals surface area contributed by atoms with Gasteiger partial charge in [0.2, 0.25) is 0 Å². The lowest BCUT2D eigenvalue weighted by Crippen LogP contribution is -1.99. The van der Waals surface area contributed by atoms with Crippen molar-refractivity contribution in [3.63, 3.8) is 0 Å². The molecular formula is C24H20O5. The van der Waals surface area contributed by atoms with Gasteiger partial charge in [-0.05, 0) is 41.1 Å². The van der Waals surface area contributed by atoms with Crippen LogP contribution in [0.5, 0.6) is 17.2 Å². The van der Waals surface area contributed by atoms with Gasteiger partial charge in [-0.3, -0.25) is 0 Å². The third-order valence-corrected chi connectivity index (χ3v) is 4.85. The van der Waals surface area contributed by atoms with E-state index in [2.05, 4.69) is 0 Å². The third-order valence-electron chi connectivity index (χ3n) is 4.85. The molecule has 0 radical (unpaired) electrons. The van der Waals surface area contributed by atoms with Gasteiger partial charge < -0.3 is 18.9 Å². The van der Waals surface area contributed by atoms with Crippen molar-refractivity contribution in [2.24, 2.45) is 0 Å². The highest BCUT2D eigenvalue weighted by atomic mass is 16.5. The van der Waals surface area contributed by atoms with Crippen LogP contribution in [0.1, 0.15) is 11.1 Å². The highest BCUT2D eigenvalue weighted by molar-refractivity contribution is 6.07. The molecule has 1 aliphatic rings. The van der Waals surface area contributed by atoms with E-state index < -0.39 is 5.97 Å². The molecule has 0 aromatic heterocycles. The van der Waals surface area contributed by atoms with Crippen LogP contribution in [0.25, 0.3) is 22.6 Å². The number of fused-ring (bicyclic) bond motifs is 1. The highest BCUT2D eigenvalue weighted by Crippen LogP contribution is 2.37. The first-order valence-electron chi connectivity index (χ1n) is 9.08. The molecular weight excluding hydrogens is 368 g/mol. The normalized spacial score (nSPS) is 14.7. The zero-order valence-corrected chi connectivity index (χ0v) is 16.4. The van der Waals surface area contributed by atoms with E-state index in [4.69, 9.17) is 18.9 Å². The molecule has 0 N–H and O–H groups in total. The lowest BCUT2D eigenvalue weighted by molar-refractivity contribution is -0.130. The number of esters is 1. The minimum absolute atomic E-state index is 0.423. The van der Waals surface area contributed by atoms with Gasteiger partial charge in [0.25, 0.3) is 0 Å². The molecule has 0 bridgehead atoms. The summed E-state index contributed by atoms with van der Waals surface area (Å²) in [5, 5.41) is 2.06. The summed E-state index contributed by atoms with van der Waals surface area (Å²) in [5.41, 5.74) is 1.94. The van der Waals surface area contributed by atoms with Gasteiger partial charge in [-0.25, -0.2) is 4.79 Å². The molecule has 5 nitrogen and oxygen atoms in total. The van der Waals surface area contributed by atoms with Crippen LogP contribution in [-0.4, -0.2) is 27.3 Å². The Kier molecular flexibility index (Phi) is 4.96. The summed E-state index contributed by atoms with van der Waals surface area (Å²) >= 11 is 0. The molecule has 0 saturated heterocycles. The Bertz CT molecular complexity index is 1160. The Morgan fingerprint density at radius 1 is 0.862 bits per heavy atom. The van der Waals surface area contributed by atoms with Crippen LogP contribution in [0.3, 0.4) is 0 Å². The van der Waals surface area contributed by atoms with E-state index in [1.807, 2.05) is 36.4 Å². The Hall–Kier alpha value is -3.73. The Labute approximate surface area is 168 Å². The molecule has 0 saturated carbocycles. The molecule has 0 aliphatic carbocycles. The minimum atomic E-state index is -0.423. The highest BCUT2D eigenvalue weighted by Gasteiger charge is 2.25. The predicted molar refractivity (Wildman–Crippen MR) is 112 cm³/mol. The van der Waals surface area contributed by atoms with Crippen molar-refractivity contribution in [3.8, 4) is 17.2 Å². The lowest BCUT2D eigenvalue weighted by atomic mass is 10.0. The maximum atomic E-state index is 12.6. The molecule has 1 heterocycles. The maximum Gasteiger partial charge on any atom is 0.343 e. The average Bonchev–Trinajstić information content (AvgIpc) is 3.13. The van der Waals surface area contributed by atoms with Gasteiger partial charge in [0.1, 0.15) is 23.0 Å². The fourth-order valence-corrected chi connectivity index (χ4v) is 3.38. The van der Waals surface area contributed by atoms with Gasteiger partial charge in [0.05, 0.1) is 32.5 Å². The maximum absolute atomic E-state index is 12.6. The zero-order chi connectivity index (χ0) is 20.4. The number of methoxy groups -OCH3 is 3. The summed E-state index contributed by atoms with van der Waals surface area (Å²) in [6.07, 6.45) is 3.51. The lowest BCUT2D eigenvalue weighted by Gasteiger charge is -2.10. The van der Waals surface area contributed by atoms with Crippen molar-refractivity contribution in [1.82, 2.24) is 0 Å². The van der Waals surface area contributed by atoms with Crippen molar-refractivity contribution < 1.29 is 23.7 Å². The summed E-state index contributed by atoms with van der Waals surface area (Å²) < 4.78 is 21.7. The molecule has 0 fully saturated rings. The first-order chi connectivity index (χ1) is 14.1. The smallest absolute Gasteiger partial charge is 0.343 e. The topological polar surface area (TPSA) is 54.0 Å². The summed E-state index contributed by atoms with van der Waals surface area (Å²) in [7, 11) is 4.76. The minimum Gasteiger partial charge on any atom is -0.497 e. The van der Waals surface area contributed by atoms with Gasteiger partial charge in [-0.15, -0.1) is 0 Å². The quantitative estimate of drug-likeness (QED) is 0.462. The van der Waals surface area contributed by atoms with E-state index in [0.717, 1.165) is 16.3 Å². The van der Waals surface area contributed by atoms with Crippen LogP contribution < -0.4 is 14.2 Å². The van der Waals surface area contributed by atoms with Crippen molar-refractivity contribution >= 4 is 28.6 Å². The van der Waals surface area contributed by atoms with Gasteiger partial charge >= 0.3 is 5.97 Å². The van der Waals surface area contributed by atoms with Crippen molar-refractivity contribution in [2.75, 3.05) is 21.3 Å². The second-order valence-corrected chi connectivity index (χ2v) is 6.47. The fourth-order valence-electron chi connectivity index (χ4n) is 3.38. The average molecular weight is 388 g/mol. The van der Waals surface area contributed by atoms with E-state index >= 15 is 0 Å². The number of hydrogen-bond donors (Lipinski definition) is 0. The van der Waals surface area contributed by atoms with Crippen molar-refractivity contribution in [2.45, 2.75) is 0 Å². The summed E-state index contributed by atoms with van der Waals surface area (Å²) in [5.74, 6) is 1.92. The fraction of sp³-hybridized carbons (Fsp3) is 0.125. The van der Waals surface area contributed by atoms with Crippen molar-refractivity contribution in [1.29, 1.82) is 0 Å². The molecule has 0 spiro atoms. The Balaban J connectivity index is 1.82. The van der Waals surface area contributed by atoms with Crippen LogP contribution in [0.2, 0.25) is 0 Å². The second-order valence-electron chi connectivity index (χ2n) is 6.47. The summed E-state index contributed by atoms with van der Waals surface area (Å²) in [4.78, 5) is 12.6. The van der Waals surface area contributed by atoms with Gasteiger partial charge in [0.15, 0.2) is 0 Å². The molecule has 0 amide bonds. The molecule has 0 atom stereocenters. The molecule has 5 heteroatoms. The number of carbonyl (C=O) groups excluding carboxylic acids is 1. The second kappa shape index (κ2) is 7.72.